The topological polar surface area (TPSA) is 134 Å². The second-order valence-electron chi connectivity index (χ2n) is 11.3. The Morgan fingerprint density at radius 3 is 2.41 bits per heavy atom. The Bertz CT molecular complexity index is 1010. The molecule has 8 heteroatoms. The molecule has 0 aromatic heterocycles. The minimum atomic E-state index is -1.11. The summed E-state index contributed by atoms with van der Waals surface area (Å²) >= 11 is 0. The van der Waals surface area contributed by atoms with E-state index in [1.54, 1.807) is 0 Å². The Kier molecular flexibility index (Phi) is 11.2. The van der Waals surface area contributed by atoms with Crippen molar-refractivity contribution < 1.29 is 39.5 Å². The summed E-state index contributed by atoms with van der Waals surface area (Å²) in [6.45, 7) is 8.17. The van der Waals surface area contributed by atoms with Gasteiger partial charge in [0.1, 0.15) is 11.9 Å². The SMILES string of the molecule is CCC(Oc1ccc(C(C)C)cc1)C(=O)O[C@H]1C[C@H](O)C=C2C=C[C@H](C)[C@H](CC[C@@H](O)C[C@@H](O)CC(=O)O)[C@H]21. The molecule has 0 amide bonds. The monoisotopic (exact) mass is 544 g/mol. The van der Waals surface area contributed by atoms with Crippen LogP contribution in [0.25, 0.3) is 0 Å². The highest BCUT2D eigenvalue weighted by molar-refractivity contribution is 5.75. The first-order valence-electron chi connectivity index (χ1n) is 14.1. The summed E-state index contributed by atoms with van der Waals surface area (Å²) in [5, 5.41) is 39.7. The molecule has 1 aromatic rings. The molecule has 0 heterocycles. The molecule has 2 aliphatic carbocycles. The van der Waals surface area contributed by atoms with Gasteiger partial charge in [0, 0.05) is 12.3 Å². The minimum Gasteiger partial charge on any atom is -0.481 e. The number of aliphatic hydroxyl groups excluding tert-OH is 3. The maximum absolute atomic E-state index is 13.3. The average Bonchev–Trinajstić information content (AvgIpc) is 2.86. The third-order valence-electron chi connectivity index (χ3n) is 7.89. The quantitative estimate of drug-likeness (QED) is 0.269. The first-order chi connectivity index (χ1) is 18.5. The molecule has 3 rings (SSSR count). The standard InChI is InChI=1S/C31H44O8/c1-5-27(38-25-11-8-20(9-12-25)18(2)3)31(37)39-28-16-23(33)14-21-7-6-19(4)26(30(21)28)13-10-22(32)15-24(34)17-29(35)36/h6-9,11-12,14,18-19,22-24,26-28,30,32-34H,5,10,13,15-17H2,1-4H3,(H,35,36)/t19-,22+,23+,24+,26-,27?,28-,30-/m0/s1. The molecule has 1 aromatic carbocycles. The predicted molar refractivity (Wildman–Crippen MR) is 147 cm³/mol. The molecular formula is C31H44O8. The van der Waals surface area contributed by atoms with E-state index >= 15 is 0 Å². The van der Waals surface area contributed by atoms with Crippen molar-refractivity contribution in [3.63, 3.8) is 0 Å². The van der Waals surface area contributed by atoms with Crippen LogP contribution in [0.1, 0.15) is 77.7 Å². The number of benzene rings is 1. The average molecular weight is 545 g/mol. The molecule has 0 saturated heterocycles. The van der Waals surface area contributed by atoms with Gasteiger partial charge < -0.3 is 29.9 Å². The van der Waals surface area contributed by atoms with Crippen LogP contribution in [-0.2, 0) is 14.3 Å². The lowest BCUT2D eigenvalue weighted by Crippen LogP contribution is -2.44. The van der Waals surface area contributed by atoms with Gasteiger partial charge in [-0.2, -0.15) is 0 Å². The number of aliphatic carboxylic acids is 1. The second-order valence-corrected chi connectivity index (χ2v) is 11.3. The maximum Gasteiger partial charge on any atom is 0.347 e. The summed E-state index contributed by atoms with van der Waals surface area (Å²) in [5.41, 5.74) is 2.09. The summed E-state index contributed by atoms with van der Waals surface area (Å²) in [6, 6.07) is 7.70. The van der Waals surface area contributed by atoms with Crippen molar-refractivity contribution in [3.8, 4) is 5.75 Å². The fourth-order valence-electron chi connectivity index (χ4n) is 5.71. The van der Waals surface area contributed by atoms with Crippen LogP contribution in [0.4, 0.5) is 0 Å². The van der Waals surface area contributed by atoms with Gasteiger partial charge in [0.05, 0.1) is 24.7 Å². The van der Waals surface area contributed by atoms with Gasteiger partial charge >= 0.3 is 11.9 Å². The number of carbonyl (C=O) groups is 2. The lowest BCUT2D eigenvalue weighted by molar-refractivity contribution is -0.163. The lowest BCUT2D eigenvalue weighted by atomic mass is 9.66. The highest BCUT2D eigenvalue weighted by Crippen LogP contribution is 2.44. The molecule has 0 bridgehead atoms. The van der Waals surface area contributed by atoms with Crippen molar-refractivity contribution >= 4 is 11.9 Å². The number of fused-ring (bicyclic) bond motifs is 1. The van der Waals surface area contributed by atoms with Crippen molar-refractivity contribution in [3.05, 3.63) is 53.6 Å². The molecule has 0 radical (unpaired) electrons. The number of esters is 1. The molecule has 8 atom stereocenters. The van der Waals surface area contributed by atoms with E-state index in [0.29, 0.717) is 30.9 Å². The first-order valence-corrected chi connectivity index (χ1v) is 14.1. The molecule has 216 valence electrons. The number of ether oxygens (including phenoxy) is 2. The van der Waals surface area contributed by atoms with Gasteiger partial charge in [-0.05, 0) is 66.7 Å². The number of aliphatic hydroxyl groups is 3. The predicted octanol–water partition coefficient (Wildman–Crippen LogP) is 4.38. The Morgan fingerprint density at radius 1 is 1.10 bits per heavy atom. The second kappa shape index (κ2) is 14.1. The third-order valence-corrected chi connectivity index (χ3v) is 7.89. The zero-order valence-corrected chi connectivity index (χ0v) is 23.4. The fraction of sp³-hybridized carbons (Fsp3) is 0.613. The van der Waals surface area contributed by atoms with Crippen LogP contribution < -0.4 is 4.74 Å². The van der Waals surface area contributed by atoms with E-state index in [9.17, 15) is 24.9 Å². The minimum absolute atomic E-state index is 0.0125. The number of carboxylic acid groups (broad SMARTS) is 1. The van der Waals surface area contributed by atoms with Crippen LogP contribution in [0.15, 0.2) is 48.1 Å². The van der Waals surface area contributed by atoms with Crippen molar-refractivity contribution in [1.29, 1.82) is 0 Å². The highest BCUT2D eigenvalue weighted by Gasteiger charge is 2.42. The summed E-state index contributed by atoms with van der Waals surface area (Å²) in [5.74, 6) is -0.582. The van der Waals surface area contributed by atoms with Gasteiger partial charge in [0.15, 0.2) is 6.10 Å². The van der Waals surface area contributed by atoms with E-state index in [0.717, 1.165) is 5.57 Å². The zero-order chi connectivity index (χ0) is 28.7. The number of carboxylic acids is 1. The highest BCUT2D eigenvalue weighted by atomic mass is 16.6. The van der Waals surface area contributed by atoms with Crippen molar-refractivity contribution in [1.82, 2.24) is 0 Å². The Hall–Kier alpha value is -2.68. The van der Waals surface area contributed by atoms with Crippen LogP contribution >= 0.6 is 0 Å². The van der Waals surface area contributed by atoms with E-state index in [1.165, 1.54) is 5.56 Å². The molecule has 0 aliphatic heterocycles. The van der Waals surface area contributed by atoms with Gasteiger partial charge in [-0.1, -0.05) is 58.1 Å². The number of allylic oxidation sites excluding steroid dienone is 2. The van der Waals surface area contributed by atoms with Crippen molar-refractivity contribution in [2.75, 3.05) is 0 Å². The number of rotatable bonds is 13. The number of hydrogen-bond acceptors (Lipinski definition) is 7. The Balaban J connectivity index is 1.69. The maximum atomic E-state index is 13.3. The van der Waals surface area contributed by atoms with Gasteiger partial charge in [-0.3, -0.25) is 4.79 Å². The van der Waals surface area contributed by atoms with Gasteiger partial charge in [-0.25, -0.2) is 4.79 Å². The third kappa shape index (κ3) is 8.65. The summed E-state index contributed by atoms with van der Waals surface area (Å²) < 4.78 is 12.0. The largest absolute Gasteiger partial charge is 0.481 e. The molecule has 1 unspecified atom stereocenters. The smallest absolute Gasteiger partial charge is 0.347 e. The molecule has 39 heavy (non-hydrogen) atoms. The van der Waals surface area contributed by atoms with Gasteiger partial charge in [0.25, 0.3) is 0 Å². The van der Waals surface area contributed by atoms with Crippen molar-refractivity contribution in [2.24, 2.45) is 17.8 Å². The van der Waals surface area contributed by atoms with Crippen LogP contribution in [0.5, 0.6) is 5.75 Å². The Labute approximate surface area is 231 Å². The van der Waals surface area contributed by atoms with Gasteiger partial charge in [0.2, 0.25) is 0 Å². The lowest BCUT2D eigenvalue weighted by Gasteiger charge is -2.43. The van der Waals surface area contributed by atoms with Crippen LogP contribution in [0.3, 0.4) is 0 Å². The van der Waals surface area contributed by atoms with Crippen LogP contribution in [-0.4, -0.2) is 62.9 Å². The van der Waals surface area contributed by atoms with Crippen LogP contribution in [0.2, 0.25) is 0 Å². The van der Waals surface area contributed by atoms with E-state index in [4.69, 9.17) is 14.6 Å². The molecular weight excluding hydrogens is 500 g/mol. The zero-order valence-electron chi connectivity index (χ0n) is 23.4. The Morgan fingerprint density at radius 2 is 1.79 bits per heavy atom. The van der Waals surface area contributed by atoms with E-state index < -0.39 is 48.9 Å². The fourth-order valence-corrected chi connectivity index (χ4v) is 5.71. The molecule has 4 N–H and O–H groups in total. The van der Waals surface area contributed by atoms with E-state index in [1.807, 2.05) is 43.3 Å². The number of hydrogen-bond donors (Lipinski definition) is 4. The molecule has 2 aliphatic rings. The number of carbonyl (C=O) groups excluding carboxylic acids is 1. The van der Waals surface area contributed by atoms with Crippen LogP contribution in [0, 0.1) is 17.8 Å². The summed E-state index contributed by atoms with van der Waals surface area (Å²) in [4.78, 5) is 24.1. The normalized spacial score (nSPS) is 26.8. The summed E-state index contributed by atoms with van der Waals surface area (Å²) in [7, 11) is 0. The first kappa shape index (κ1) is 30.9. The van der Waals surface area contributed by atoms with Crippen molar-refractivity contribution in [2.45, 2.75) is 103 Å². The van der Waals surface area contributed by atoms with E-state index in [-0.39, 0.29) is 30.6 Å². The van der Waals surface area contributed by atoms with E-state index in [2.05, 4.69) is 26.8 Å². The molecule has 0 saturated carbocycles. The molecule has 0 fully saturated rings. The summed E-state index contributed by atoms with van der Waals surface area (Å²) in [6.07, 6.45) is 3.06. The van der Waals surface area contributed by atoms with Gasteiger partial charge in [-0.15, -0.1) is 0 Å². The molecule has 8 nitrogen and oxygen atoms in total. The molecule has 0 spiro atoms.